The number of thiazole rings is 1. The molecule has 0 spiro atoms. The Morgan fingerprint density at radius 1 is 0.949 bits per heavy atom. The van der Waals surface area contributed by atoms with Crippen molar-refractivity contribution in [3.63, 3.8) is 0 Å². The molecule has 0 saturated carbocycles. The van der Waals surface area contributed by atoms with Gasteiger partial charge in [0.25, 0.3) is 0 Å². The van der Waals surface area contributed by atoms with E-state index in [4.69, 9.17) is 21.3 Å². The van der Waals surface area contributed by atoms with E-state index < -0.39 is 11.7 Å². The van der Waals surface area contributed by atoms with Crippen LogP contribution in [0.25, 0.3) is 43.0 Å². The number of fused-ring (bicyclic) bond motifs is 1. The number of aromatic nitrogens is 1. The van der Waals surface area contributed by atoms with Gasteiger partial charge in [-0.05, 0) is 75.6 Å². The first kappa shape index (κ1) is 27.2. The average Bonchev–Trinajstić information content (AvgIpc) is 3.30. The van der Waals surface area contributed by atoms with Gasteiger partial charge in [-0.2, -0.15) is 0 Å². The summed E-state index contributed by atoms with van der Waals surface area (Å²) in [5, 5.41) is 1.19. The number of nitrogens with zero attached hydrogens (tertiary/aromatic N) is 1. The number of Topliss-reactive ketones (excluding diaryl/α,β-unsaturated/α-hetero) is 1. The molecule has 198 valence electrons. The number of hydrogen-bond donors (Lipinski definition) is 0. The first-order chi connectivity index (χ1) is 18.5. The van der Waals surface area contributed by atoms with E-state index in [1.54, 1.807) is 19.1 Å². The molecule has 0 amide bonds. The fourth-order valence-corrected chi connectivity index (χ4v) is 6.07. The number of ether oxygens (including phenoxy) is 1. The minimum atomic E-state index is -0.774. The van der Waals surface area contributed by atoms with Crippen molar-refractivity contribution in [2.24, 2.45) is 0 Å². The molecular weight excluding hydrogens is 529 g/mol. The molecule has 3 nitrogen and oxygen atoms in total. The van der Waals surface area contributed by atoms with Crippen LogP contribution in [0.2, 0.25) is 5.02 Å². The lowest BCUT2D eigenvalue weighted by molar-refractivity contribution is -0.138. The minimum absolute atomic E-state index is 0.0889. The number of hydrogen-bond acceptors (Lipinski definition) is 4. The predicted molar refractivity (Wildman–Crippen MR) is 160 cm³/mol. The Hall–Kier alpha value is -3.38. The molecule has 1 aromatic heterocycles. The smallest absolute Gasteiger partial charge is 0.163 e. The fourth-order valence-electron chi connectivity index (χ4n) is 4.80. The molecule has 39 heavy (non-hydrogen) atoms. The number of carbonyl (C=O) groups is 1. The van der Waals surface area contributed by atoms with E-state index in [9.17, 15) is 4.79 Å². The molecule has 5 aromatic rings. The Kier molecular flexibility index (Phi) is 7.43. The molecule has 0 saturated heterocycles. The second-order valence-corrected chi connectivity index (χ2v) is 12.0. The van der Waals surface area contributed by atoms with Crippen molar-refractivity contribution in [1.82, 2.24) is 4.98 Å². The molecule has 0 aliphatic heterocycles. The van der Waals surface area contributed by atoms with Crippen LogP contribution in [0, 0.1) is 12.7 Å². The van der Waals surface area contributed by atoms with Crippen molar-refractivity contribution >= 4 is 38.9 Å². The number of carbonyl (C=O) groups excluding carboxylic acids is 1. The molecule has 0 radical (unpaired) electrons. The van der Waals surface area contributed by atoms with E-state index in [2.05, 4.69) is 0 Å². The maximum atomic E-state index is 15.9. The summed E-state index contributed by atoms with van der Waals surface area (Å²) in [6.45, 7) is 9.32. The first-order valence-electron chi connectivity index (χ1n) is 12.8. The monoisotopic (exact) mass is 557 g/mol. The second-order valence-electron chi connectivity index (χ2n) is 10.6. The van der Waals surface area contributed by atoms with Crippen LogP contribution in [-0.2, 0) is 9.53 Å². The molecule has 5 rings (SSSR count). The molecule has 6 heteroatoms. The Morgan fingerprint density at radius 2 is 1.62 bits per heavy atom. The summed E-state index contributed by atoms with van der Waals surface area (Å²) >= 11 is 7.64. The van der Waals surface area contributed by atoms with Gasteiger partial charge in [0.05, 0.1) is 15.8 Å². The van der Waals surface area contributed by atoms with Crippen molar-refractivity contribution in [3.8, 4) is 32.8 Å². The maximum Gasteiger partial charge on any atom is 0.163 e. The summed E-state index contributed by atoms with van der Waals surface area (Å²) in [7, 11) is 0. The number of benzene rings is 4. The lowest BCUT2D eigenvalue weighted by atomic mass is 9.90. The van der Waals surface area contributed by atoms with Crippen LogP contribution in [0.15, 0.2) is 78.9 Å². The van der Waals surface area contributed by atoms with Gasteiger partial charge in [0.15, 0.2) is 5.78 Å². The Balaban J connectivity index is 1.77. The van der Waals surface area contributed by atoms with Crippen LogP contribution in [0.3, 0.4) is 0 Å². The van der Waals surface area contributed by atoms with E-state index >= 15 is 4.39 Å². The van der Waals surface area contributed by atoms with Crippen molar-refractivity contribution in [1.29, 1.82) is 0 Å². The molecular formula is C33H29ClFNO2S. The van der Waals surface area contributed by atoms with Gasteiger partial charge < -0.3 is 4.74 Å². The average molecular weight is 558 g/mol. The SMILES string of the molecule is CC(=O)[C@@H](OC(C)(C)C)c1c(C)cc2nc(-c3cccc(-c4ccccc4)c3F)sc2c1-c1ccc(Cl)cc1. The van der Waals surface area contributed by atoms with Crippen LogP contribution in [0.5, 0.6) is 0 Å². The van der Waals surface area contributed by atoms with Gasteiger partial charge in [0.1, 0.15) is 16.9 Å². The zero-order chi connectivity index (χ0) is 27.9. The largest absolute Gasteiger partial charge is 0.360 e. The zero-order valence-corrected chi connectivity index (χ0v) is 24.1. The minimum Gasteiger partial charge on any atom is -0.360 e. The lowest BCUT2D eigenvalue weighted by Gasteiger charge is -2.29. The van der Waals surface area contributed by atoms with Crippen molar-refractivity contribution in [2.45, 2.75) is 46.3 Å². The lowest BCUT2D eigenvalue weighted by Crippen LogP contribution is -2.27. The van der Waals surface area contributed by atoms with Crippen LogP contribution in [0.1, 0.15) is 44.9 Å². The van der Waals surface area contributed by atoms with Gasteiger partial charge in [0.2, 0.25) is 0 Å². The van der Waals surface area contributed by atoms with E-state index in [0.29, 0.717) is 21.2 Å². The standard InChI is InChI=1S/C33H29ClFNO2S/c1-19-18-26-31(39-32(36-26)25-13-9-12-24(29(25)35)21-10-7-6-8-11-21)28(22-14-16-23(34)17-15-22)27(19)30(20(2)37)38-33(3,4)5/h6-18,30H,1-5H3/t30-/m1/s1. The van der Waals surface area contributed by atoms with E-state index in [-0.39, 0.29) is 11.6 Å². The highest BCUT2D eigenvalue weighted by Crippen LogP contribution is 2.45. The summed E-state index contributed by atoms with van der Waals surface area (Å²) in [6, 6.07) is 24.4. The normalized spacial score (nSPS) is 12.6. The van der Waals surface area contributed by atoms with Crippen LogP contribution < -0.4 is 0 Å². The highest BCUT2D eigenvalue weighted by Gasteiger charge is 2.30. The van der Waals surface area contributed by atoms with E-state index in [1.165, 1.54) is 11.3 Å². The molecule has 4 aromatic carbocycles. The molecule has 0 unspecified atom stereocenters. The van der Waals surface area contributed by atoms with Gasteiger partial charge in [-0.1, -0.05) is 66.2 Å². The van der Waals surface area contributed by atoms with Crippen molar-refractivity contribution < 1.29 is 13.9 Å². The molecule has 1 heterocycles. The highest BCUT2D eigenvalue weighted by atomic mass is 35.5. The summed E-state index contributed by atoms with van der Waals surface area (Å²) in [6.07, 6.45) is -0.774. The van der Waals surface area contributed by atoms with E-state index in [1.807, 2.05) is 94.4 Å². The zero-order valence-electron chi connectivity index (χ0n) is 22.5. The Morgan fingerprint density at radius 3 is 2.26 bits per heavy atom. The summed E-state index contributed by atoms with van der Waals surface area (Å²) in [5.74, 6) is -0.403. The summed E-state index contributed by atoms with van der Waals surface area (Å²) < 4.78 is 23.1. The van der Waals surface area contributed by atoms with E-state index in [0.717, 1.165) is 38.0 Å². The molecule has 0 aliphatic rings. The number of aryl methyl sites for hydroxylation is 1. The van der Waals surface area contributed by atoms with Gasteiger partial charge >= 0.3 is 0 Å². The number of ketones is 1. The molecule has 0 aliphatic carbocycles. The predicted octanol–water partition coefficient (Wildman–Crippen LogP) is 9.84. The van der Waals surface area contributed by atoms with Crippen molar-refractivity contribution in [2.75, 3.05) is 0 Å². The third-order valence-electron chi connectivity index (χ3n) is 6.48. The molecule has 0 N–H and O–H groups in total. The Labute approximate surface area is 237 Å². The van der Waals surface area contributed by atoms with Gasteiger partial charge in [-0.3, -0.25) is 4.79 Å². The molecule has 0 bridgehead atoms. The third-order valence-corrected chi connectivity index (χ3v) is 7.85. The fraction of sp³-hybridized carbons (Fsp3) is 0.212. The third kappa shape index (κ3) is 5.53. The second kappa shape index (κ2) is 10.6. The molecule has 0 fully saturated rings. The number of halogens is 2. The highest BCUT2D eigenvalue weighted by molar-refractivity contribution is 7.22. The quantitative estimate of drug-likeness (QED) is 0.208. The number of rotatable bonds is 6. The first-order valence-corrected chi connectivity index (χ1v) is 14.0. The van der Waals surface area contributed by atoms with Gasteiger partial charge in [-0.15, -0.1) is 11.3 Å². The topological polar surface area (TPSA) is 39.2 Å². The van der Waals surface area contributed by atoms with Gasteiger partial charge in [0, 0.05) is 27.3 Å². The summed E-state index contributed by atoms with van der Waals surface area (Å²) in [4.78, 5) is 17.9. The van der Waals surface area contributed by atoms with Gasteiger partial charge in [-0.25, -0.2) is 9.37 Å². The molecule has 1 atom stereocenters. The van der Waals surface area contributed by atoms with Crippen LogP contribution in [0.4, 0.5) is 4.39 Å². The summed E-state index contributed by atoms with van der Waals surface area (Å²) in [5.41, 5.74) is 5.38. The van der Waals surface area contributed by atoms with Crippen LogP contribution >= 0.6 is 22.9 Å². The van der Waals surface area contributed by atoms with Crippen molar-refractivity contribution in [3.05, 3.63) is 101 Å². The Bertz CT molecular complexity index is 1670. The van der Waals surface area contributed by atoms with Crippen LogP contribution in [-0.4, -0.2) is 16.4 Å². The maximum absolute atomic E-state index is 15.9.